The molecular formula is C15H16FN3O5S2. The van der Waals surface area contributed by atoms with Crippen molar-refractivity contribution in [1.82, 2.24) is 10.3 Å². The van der Waals surface area contributed by atoms with E-state index in [1.165, 1.54) is 48.5 Å². The normalized spacial score (nSPS) is 13.2. The van der Waals surface area contributed by atoms with Crippen LogP contribution in [0.2, 0.25) is 0 Å². The average molecular weight is 401 g/mol. The quantitative estimate of drug-likeness (QED) is 0.391. The fourth-order valence-electron chi connectivity index (χ4n) is 2.07. The van der Waals surface area contributed by atoms with E-state index in [0.717, 1.165) is 6.26 Å². The first-order valence-electron chi connectivity index (χ1n) is 7.10. The van der Waals surface area contributed by atoms with Crippen molar-refractivity contribution in [2.45, 2.75) is 6.04 Å². The van der Waals surface area contributed by atoms with Gasteiger partial charge in [0.15, 0.2) is 0 Å². The Morgan fingerprint density at radius 1 is 1.00 bits per heavy atom. The molecule has 140 valence electrons. The third-order valence-electron chi connectivity index (χ3n) is 3.17. The van der Waals surface area contributed by atoms with E-state index in [1.54, 1.807) is 0 Å². The number of benzene rings is 2. The van der Waals surface area contributed by atoms with E-state index in [4.69, 9.17) is 4.18 Å². The van der Waals surface area contributed by atoms with Crippen LogP contribution in [-0.4, -0.2) is 29.8 Å². The minimum absolute atomic E-state index is 0.0995. The Morgan fingerprint density at radius 3 is 1.96 bits per heavy atom. The van der Waals surface area contributed by atoms with E-state index in [2.05, 4.69) is 16.5 Å². The van der Waals surface area contributed by atoms with Crippen LogP contribution in [0.5, 0.6) is 5.75 Å². The third-order valence-corrected chi connectivity index (χ3v) is 4.38. The zero-order valence-corrected chi connectivity index (χ0v) is 15.2. The molecule has 0 radical (unpaired) electrons. The summed E-state index contributed by atoms with van der Waals surface area (Å²) in [4.78, 5) is 2.05. The molecule has 0 aliphatic rings. The molecule has 11 heteroatoms. The summed E-state index contributed by atoms with van der Waals surface area (Å²) in [7, 11) is -7.66. The molecule has 2 rings (SSSR count). The van der Waals surface area contributed by atoms with Crippen LogP contribution in [0, 0.1) is 5.82 Å². The zero-order chi connectivity index (χ0) is 19.4. The van der Waals surface area contributed by atoms with Crippen LogP contribution < -0.4 is 14.4 Å². The van der Waals surface area contributed by atoms with Gasteiger partial charge in [-0.15, -0.1) is 4.83 Å². The highest BCUT2D eigenvalue weighted by Gasteiger charge is 2.17. The molecule has 0 saturated heterocycles. The molecular weight excluding hydrogens is 385 g/mol. The number of nitrogens with one attached hydrogen (secondary N) is 2. The van der Waals surface area contributed by atoms with E-state index < -0.39 is 32.2 Å². The van der Waals surface area contributed by atoms with Gasteiger partial charge in [-0.2, -0.15) is 21.2 Å². The summed E-state index contributed by atoms with van der Waals surface area (Å²) in [6, 6.07) is 10.6. The summed E-state index contributed by atoms with van der Waals surface area (Å²) < 4.78 is 66.1. The highest BCUT2D eigenvalue weighted by molar-refractivity contribution is 7.88. The summed E-state index contributed by atoms with van der Waals surface area (Å²) in [6.07, 6.45) is 0.918. The van der Waals surface area contributed by atoms with Crippen LogP contribution >= 0.6 is 0 Å². The van der Waals surface area contributed by atoms with Crippen molar-refractivity contribution in [3.63, 3.8) is 0 Å². The van der Waals surface area contributed by atoms with E-state index in [9.17, 15) is 21.2 Å². The predicted molar refractivity (Wildman–Crippen MR) is 94.9 cm³/mol. The molecule has 0 aliphatic heterocycles. The Labute approximate surface area is 151 Å². The van der Waals surface area contributed by atoms with Gasteiger partial charge in [0.1, 0.15) is 11.6 Å². The van der Waals surface area contributed by atoms with Gasteiger partial charge in [-0.3, -0.25) is 0 Å². The van der Waals surface area contributed by atoms with Crippen molar-refractivity contribution < 1.29 is 25.4 Å². The van der Waals surface area contributed by atoms with Crippen molar-refractivity contribution in [2.24, 2.45) is 4.40 Å². The maximum Gasteiger partial charge on any atom is 0.332 e. The average Bonchev–Trinajstić information content (AvgIpc) is 2.56. The van der Waals surface area contributed by atoms with Crippen LogP contribution in [0.3, 0.4) is 0 Å². The molecule has 26 heavy (non-hydrogen) atoms. The van der Waals surface area contributed by atoms with Crippen LogP contribution in [0.15, 0.2) is 52.9 Å². The van der Waals surface area contributed by atoms with Crippen LogP contribution in [0.4, 0.5) is 4.39 Å². The SMILES string of the molecule is C=NS(=O)(=O)NNC(c1ccc(F)cc1)c1ccc(OS(C)(=O)=O)cc1. The van der Waals surface area contributed by atoms with Gasteiger partial charge in [-0.1, -0.05) is 24.3 Å². The van der Waals surface area contributed by atoms with Crippen LogP contribution in [0.25, 0.3) is 0 Å². The molecule has 0 heterocycles. The molecule has 0 saturated carbocycles. The van der Waals surface area contributed by atoms with Crippen molar-refractivity contribution in [3.05, 3.63) is 65.5 Å². The maximum absolute atomic E-state index is 13.2. The Morgan fingerprint density at radius 2 is 1.50 bits per heavy atom. The number of halogens is 1. The lowest BCUT2D eigenvalue weighted by atomic mass is 9.99. The van der Waals surface area contributed by atoms with Gasteiger partial charge in [0.25, 0.3) is 0 Å². The molecule has 0 spiro atoms. The summed E-state index contributed by atoms with van der Waals surface area (Å²) in [6.45, 7) is 2.95. The minimum atomic E-state index is -4.00. The Balaban J connectivity index is 2.33. The van der Waals surface area contributed by atoms with Crippen LogP contribution in [0.1, 0.15) is 17.2 Å². The molecule has 0 amide bonds. The minimum Gasteiger partial charge on any atom is -0.383 e. The van der Waals surface area contributed by atoms with Gasteiger partial charge in [0.05, 0.1) is 12.3 Å². The number of rotatable bonds is 8. The predicted octanol–water partition coefficient (Wildman–Crippen LogP) is 1.29. The van der Waals surface area contributed by atoms with Gasteiger partial charge >= 0.3 is 20.3 Å². The molecule has 0 aromatic heterocycles. The first-order chi connectivity index (χ1) is 12.1. The Kier molecular flexibility index (Phi) is 6.08. The second kappa shape index (κ2) is 7.91. The summed E-state index contributed by atoms with van der Waals surface area (Å²) in [5.74, 6) is -0.347. The third kappa shape index (κ3) is 5.88. The molecule has 0 fully saturated rings. The molecule has 2 aromatic rings. The second-order valence-corrected chi connectivity index (χ2v) is 8.18. The van der Waals surface area contributed by atoms with E-state index in [0.29, 0.717) is 11.1 Å². The molecule has 0 aliphatic carbocycles. The molecule has 0 bridgehead atoms. The number of hydrogen-bond acceptors (Lipinski definition) is 6. The lowest BCUT2D eigenvalue weighted by Gasteiger charge is -2.20. The largest absolute Gasteiger partial charge is 0.383 e. The van der Waals surface area contributed by atoms with Crippen molar-refractivity contribution in [3.8, 4) is 5.75 Å². The van der Waals surface area contributed by atoms with Crippen molar-refractivity contribution in [1.29, 1.82) is 0 Å². The summed E-state index contributed by atoms with van der Waals surface area (Å²) in [5, 5.41) is 0. The molecule has 2 N–H and O–H groups in total. The van der Waals surface area contributed by atoms with E-state index in [1.807, 2.05) is 4.83 Å². The monoisotopic (exact) mass is 401 g/mol. The molecule has 2 aromatic carbocycles. The topological polar surface area (TPSA) is 114 Å². The first kappa shape index (κ1) is 20.0. The molecule has 1 atom stereocenters. The van der Waals surface area contributed by atoms with Gasteiger partial charge in [0, 0.05) is 6.72 Å². The van der Waals surface area contributed by atoms with Crippen molar-refractivity contribution >= 4 is 27.0 Å². The van der Waals surface area contributed by atoms with E-state index in [-0.39, 0.29) is 5.75 Å². The van der Waals surface area contributed by atoms with E-state index >= 15 is 0 Å². The number of hydrogen-bond donors (Lipinski definition) is 2. The van der Waals surface area contributed by atoms with Gasteiger partial charge in [-0.25, -0.2) is 9.82 Å². The van der Waals surface area contributed by atoms with Gasteiger partial charge in [-0.05, 0) is 35.4 Å². The van der Waals surface area contributed by atoms with Gasteiger partial charge < -0.3 is 4.18 Å². The number of nitrogens with zero attached hydrogens (tertiary/aromatic N) is 1. The highest BCUT2D eigenvalue weighted by Crippen LogP contribution is 2.24. The lowest BCUT2D eigenvalue weighted by Crippen LogP contribution is -2.39. The maximum atomic E-state index is 13.2. The zero-order valence-electron chi connectivity index (χ0n) is 13.6. The Bertz CT molecular complexity index is 975. The molecule has 1 unspecified atom stereocenters. The first-order valence-corrected chi connectivity index (χ1v) is 10.4. The fourth-order valence-corrected chi connectivity index (χ4v) is 2.86. The van der Waals surface area contributed by atoms with Gasteiger partial charge in [0.2, 0.25) is 0 Å². The lowest BCUT2D eigenvalue weighted by molar-refractivity contribution is 0.492. The standard InChI is InChI=1S/C15H16FN3O5S2/c1-17-26(22,23)19-18-15(11-3-7-13(16)8-4-11)12-5-9-14(10-6-12)24-25(2,20)21/h3-10,15,18-19H,1H2,2H3. The summed E-state index contributed by atoms with van der Waals surface area (Å²) in [5.41, 5.74) is 3.69. The van der Waals surface area contributed by atoms with Crippen LogP contribution in [-0.2, 0) is 20.3 Å². The highest BCUT2D eigenvalue weighted by atomic mass is 32.2. The number of hydrazine groups is 1. The smallest absolute Gasteiger partial charge is 0.332 e. The molecule has 8 nitrogen and oxygen atoms in total. The summed E-state index contributed by atoms with van der Waals surface area (Å²) >= 11 is 0. The second-order valence-electron chi connectivity index (χ2n) is 5.19. The van der Waals surface area contributed by atoms with Crippen molar-refractivity contribution in [2.75, 3.05) is 6.26 Å². The fraction of sp³-hybridized carbons (Fsp3) is 0.133. The Hall–Kier alpha value is -2.34.